The summed E-state index contributed by atoms with van der Waals surface area (Å²) in [5.74, 6) is 2.81. The van der Waals surface area contributed by atoms with E-state index in [2.05, 4.69) is 43.5 Å². The van der Waals surface area contributed by atoms with E-state index in [0.29, 0.717) is 0 Å². The number of hydrogen-bond acceptors (Lipinski definition) is 5. The highest BCUT2D eigenvalue weighted by atomic mass is 127. The number of aliphatic imine (C=N–C) groups is 1. The second-order valence-corrected chi connectivity index (χ2v) is 8.81. The van der Waals surface area contributed by atoms with Crippen LogP contribution in [0.4, 0.5) is 0 Å². The van der Waals surface area contributed by atoms with Gasteiger partial charge >= 0.3 is 0 Å². The van der Waals surface area contributed by atoms with E-state index >= 15 is 0 Å². The molecule has 0 bridgehead atoms. The van der Waals surface area contributed by atoms with Gasteiger partial charge < -0.3 is 19.5 Å². The first-order valence-electron chi connectivity index (χ1n) is 11.4. The van der Waals surface area contributed by atoms with Crippen LogP contribution in [-0.4, -0.2) is 67.8 Å². The molecule has 0 atom stereocenters. The monoisotopic (exact) mass is 553 g/mol. The first kappa shape index (κ1) is 24.8. The van der Waals surface area contributed by atoms with Crippen LogP contribution in [0, 0.1) is 6.92 Å². The molecule has 1 N–H and O–H groups in total. The largest absolute Gasteiger partial charge is 0.497 e. The number of aromatic nitrogens is 1. The molecule has 8 heteroatoms. The molecule has 2 fully saturated rings. The molecule has 2 aromatic rings. The number of nitrogens with zero attached hydrogens (tertiary/aromatic N) is 4. The Labute approximate surface area is 208 Å². The molecule has 32 heavy (non-hydrogen) atoms. The lowest BCUT2D eigenvalue weighted by molar-refractivity contribution is 0.168. The van der Waals surface area contributed by atoms with E-state index in [-0.39, 0.29) is 29.4 Å². The predicted molar refractivity (Wildman–Crippen MR) is 138 cm³/mol. The van der Waals surface area contributed by atoms with E-state index in [9.17, 15) is 0 Å². The van der Waals surface area contributed by atoms with Crippen molar-refractivity contribution in [3.8, 4) is 5.75 Å². The van der Waals surface area contributed by atoms with Gasteiger partial charge in [-0.15, -0.1) is 24.0 Å². The summed E-state index contributed by atoms with van der Waals surface area (Å²) in [5, 5.41) is 7.84. The zero-order valence-electron chi connectivity index (χ0n) is 19.5. The molecule has 176 valence electrons. The molecular weight excluding hydrogens is 517 g/mol. The van der Waals surface area contributed by atoms with Gasteiger partial charge in [0.1, 0.15) is 11.5 Å². The Morgan fingerprint density at radius 2 is 1.94 bits per heavy atom. The summed E-state index contributed by atoms with van der Waals surface area (Å²) in [4.78, 5) is 9.40. The van der Waals surface area contributed by atoms with Gasteiger partial charge in [0.05, 0.1) is 12.8 Å². The third-order valence-corrected chi connectivity index (χ3v) is 6.77. The Balaban J connectivity index is 0.00000289. The number of ether oxygens (including phenoxy) is 1. The molecular formula is C24H36IN5O2. The molecule has 2 heterocycles. The highest BCUT2D eigenvalue weighted by molar-refractivity contribution is 14.0. The van der Waals surface area contributed by atoms with Crippen molar-refractivity contribution in [3.63, 3.8) is 0 Å². The van der Waals surface area contributed by atoms with Crippen LogP contribution >= 0.6 is 24.0 Å². The van der Waals surface area contributed by atoms with Crippen LogP contribution in [0.25, 0.3) is 0 Å². The smallest absolute Gasteiger partial charge is 0.193 e. The standard InChI is InChI=1S/C24H35N5O2.HI/c1-19-15-21(27-31-19)17-28-11-13-29(14-12-28)23(25-2)26-18-24(9-4-5-10-24)20-7-6-8-22(16-20)30-3;/h6-8,15-16H,4-5,9-14,17-18H2,1-3H3,(H,25,26);1H. The third kappa shape index (κ3) is 5.75. The first-order valence-corrected chi connectivity index (χ1v) is 11.4. The fraction of sp³-hybridized carbons (Fsp3) is 0.583. The van der Waals surface area contributed by atoms with Crippen LogP contribution in [-0.2, 0) is 12.0 Å². The predicted octanol–water partition coefficient (Wildman–Crippen LogP) is 3.81. The van der Waals surface area contributed by atoms with Crippen LogP contribution in [0.3, 0.4) is 0 Å². The Hall–Kier alpha value is -1.81. The molecule has 1 saturated carbocycles. The lowest BCUT2D eigenvalue weighted by atomic mass is 9.78. The minimum atomic E-state index is 0. The van der Waals surface area contributed by atoms with Crippen molar-refractivity contribution in [2.75, 3.05) is 46.9 Å². The molecule has 7 nitrogen and oxygen atoms in total. The summed E-state index contributed by atoms with van der Waals surface area (Å²) in [7, 11) is 3.63. The van der Waals surface area contributed by atoms with Gasteiger partial charge in [0.15, 0.2) is 5.96 Å². The minimum absolute atomic E-state index is 0. The van der Waals surface area contributed by atoms with E-state index in [1.165, 1.54) is 31.2 Å². The molecule has 1 aliphatic heterocycles. The zero-order chi connectivity index (χ0) is 21.7. The number of benzene rings is 1. The number of halogens is 1. The lowest BCUT2D eigenvalue weighted by Gasteiger charge is -2.38. The van der Waals surface area contributed by atoms with Crippen molar-refractivity contribution in [2.24, 2.45) is 4.99 Å². The van der Waals surface area contributed by atoms with Gasteiger partial charge in [-0.25, -0.2) is 0 Å². The SMILES string of the molecule is CN=C(NCC1(c2cccc(OC)c2)CCCC1)N1CCN(Cc2cc(C)on2)CC1.I. The normalized spacial score (nSPS) is 19.0. The van der Waals surface area contributed by atoms with E-state index in [1.807, 2.05) is 26.1 Å². The Morgan fingerprint density at radius 1 is 1.19 bits per heavy atom. The van der Waals surface area contributed by atoms with Crippen LogP contribution in [0.1, 0.15) is 42.7 Å². The fourth-order valence-corrected chi connectivity index (χ4v) is 4.99. The molecule has 1 aromatic heterocycles. The van der Waals surface area contributed by atoms with Gasteiger partial charge in [0.2, 0.25) is 0 Å². The highest BCUT2D eigenvalue weighted by Crippen LogP contribution is 2.41. The van der Waals surface area contributed by atoms with E-state index in [0.717, 1.165) is 62.4 Å². The number of rotatable bonds is 6. The first-order chi connectivity index (χ1) is 15.1. The summed E-state index contributed by atoms with van der Waals surface area (Å²) >= 11 is 0. The summed E-state index contributed by atoms with van der Waals surface area (Å²) in [6.45, 7) is 7.60. The molecule has 0 radical (unpaired) electrons. The Kier molecular flexibility index (Phi) is 8.81. The van der Waals surface area contributed by atoms with E-state index in [4.69, 9.17) is 9.26 Å². The van der Waals surface area contributed by atoms with Gasteiger partial charge in [0.25, 0.3) is 0 Å². The molecule has 0 unspecified atom stereocenters. The van der Waals surface area contributed by atoms with Crippen LogP contribution < -0.4 is 10.1 Å². The maximum absolute atomic E-state index is 5.49. The van der Waals surface area contributed by atoms with Crippen molar-refractivity contribution < 1.29 is 9.26 Å². The summed E-state index contributed by atoms with van der Waals surface area (Å²) in [6.07, 6.45) is 4.96. The van der Waals surface area contributed by atoms with Crippen molar-refractivity contribution in [3.05, 3.63) is 47.3 Å². The third-order valence-electron chi connectivity index (χ3n) is 6.77. The van der Waals surface area contributed by atoms with Gasteiger partial charge in [-0.2, -0.15) is 0 Å². The summed E-state index contributed by atoms with van der Waals surface area (Å²) < 4.78 is 10.7. The average Bonchev–Trinajstić information content (AvgIpc) is 3.45. The summed E-state index contributed by atoms with van der Waals surface area (Å²) in [6, 6.07) is 10.6. The molecule has 4 rings (SSSR count). The molecule has 0 spiro atoms. The molecule has 1 saturated heterocycles. The maximum atomic E-state index is 5.49. The van der Waals surface area contributed by atoms with Crippen LogP contribution in [0.15, 0.2) is 39.8 Å². The van der Waals surface area contributed by atoms with Crippen LogP contribution in [0.2, 0.25) is 0 Å². The Bertz CT molecular complexity index is 886. The Morgan fingerprint density at radius 3 is 2.56 bits per heavy atom. The van der Waals surface area contributed by atoms with Crippen molar-refractivity contribution in [1.82, 2.24) is 20.3 Å². The molecule has 1 aromatic carbocycles. The van der Waals surface area contributed by atoms with Gasteiger partial charge in [-0.05, 0) is 37.5 Å². The second kappa shape index (κ2) is 11.4. The van der Waals surface area contributed by atoms with Crippen molar-refractivity contribution in [2.45, 2.75) is 44.6 Å². The fourth-order valence-electron chi connectivity index (χ4n) is 4.99. The van der Waals surface area contributed by atoms with Gasteiger partial charge in [-0.3, -0.25) is 9.89 Å². The van der Waals surface area contributed by atoms with Crippen molar-refractivity contribution in [1.29, 1.82) is 0 Å². The minimum Gasteiger partial charge on any atom is -0.497 e. The number of piperazine rings is 1. The van der Waals surface area contributed by atoms with E-state index < -0.39 is 0 Å². The maximum Gasteiger partial charge on any atom is 0.193 e. The molecule has 0 amide bonds. The van der Waals surface area contributed by atoms with Crippen molar-refractivity contribution >= 4 is 29.9 Å². The molecule has 2 aliphatic rings. The zero-order valence-corrected chi connectivity index (χ0v) is 21.8. The quantitative estimate of drug-likeness (QED) is 0.334. The van der Waals surface area contributed by atoms with Crippen LogP contribution in [0.5, 0.6) is 5.75 Å². The van der Waals surface area contributed by atoms with E-state index in [1.54, 1.807) is 7.11 Å². The van der Waals surface area contributed by atoms with Gasteiger partial charge in [-0.1, -0.05) is 30.1 Å². The number of hydrogen-bond donors (Lipinski definition) is 1. The number of guanidine groups is 1. The number of nitrogens with one attached hydrogen (secondary N) is 1. The highest BCUT2D eigenvalue weighted by Gasteiger charge is 2.36. The summed E-state index contributed by atoms with van der Waals surface area (Å²) in [5.41, 5.74) is 2.53. The lowest BCUT2D eigenvalue weighted by Crippen LogP contribution is -2.53. The number of aryl methyl sites for hydroxylation is 1. The number of methoxy groups -OCH3 is 1. The topological polar surface area (TPSA) is 66.1 Å². The average molecular weight is 553 g/mol. The van der Waals surface area contributed by atoms with Gasteiger partial charge in [0, 0.05) is 57.8 Å². The molecule has 1 aliphatic carbocycles. The second-order valence-electron chi connectivity index (χ2n) is 8.81.